The fourth-order valence-electron chi connectivity index (χ4n) is 2.84. The van der Waals surface area contributed by atoms with E-state index >= 15 is 0 Å². The second-order valence-electron chi connectivity index (χ2n) is 4.99. The Kier molecular flexibility index (Phi) is 3.38. The fraction of sp³-hybridized carbons (Fsp3) is 0.533. The van der Waals surface area contributed by atoms with E-state index in [-0.39, 0.29) is 5.41 Å². The van der Waals surface area contributed by atoms with E-state index in [4.69, 9.17) is 4.74 Å². The third-order valence-corrected chi connectivity index (χ3v) is 3.83. The van der Waals surface area contributed by atoms with Gasteiger partial charge in [0.05, 0.1) is 18.6 Å². The average Bonchev–Trinajstić information content (AvgIpc) is 2.34. The molecule has 0 N–H and O–H groups in total. The van der Waals surface area contributed by atoms with Gasteiger partial charge in [-0.3, -0.25) is 0 Å². The molecule has 1 aliphatic rings. The number of nitrogens with zero attached hydrogens (tertiary/aromatic N) is 1. The molecule has 1 aromatic carbocycles. The molecule has 0 atom stereocenters. The van der Waals surface area contributed by atoms with Crippen molar-refractivity contribution in [2.24, 2.45) is 5.92 Å². The van der Waals surface area contributed by atoms with Gasteiger partial charge in [0.1, 0.15) is 5.75 Å². The van der Waals surface area contributed by atoms with E-state index in [2.05, 4.69) is 13.0 Å². The topological polar surface area (TPSA) is 33.0 Å². The van der Waals surface area contributed by atoms with Crippen LogP contribution < -0.4 is 4.74 Å². The van der Waals surface area contributed by atoms with Crippen LogP contribution >= 0.6 is 0 Å². The zero-order chi connectivity index (χ0) is 12.3. The Balaban J connectivity index is 2.12. The highest BCUT2D eigenvalue weighted by atomic mass is 16.5. The molecule has 0 unspecified atom stereocenters. The standard InChI is InChI=1S/C15H19NO/c1-3-4-12-9-15(10-12,11-16)13-5-7-14(17-2)8-6-13/h5-8,12H,3-4,9-10H2,1-2H3. The predicted octanol–water partition coefficient (Wildman–Crippen LogP) is 3.67. The summed E-state index contributed by atoms with van der Waals surface area (Å²) in [5, 5.41) is 9.42. The lowest BCUT2D eigenvalue weighted by Crippen LogP contribution is -2.39. The van der Waals surface area contributed by atoms with Crippen molar-refractivity contribution in [3.63, 3.8) is 0 Å². The van der Waals surface area contributed by atoms with Crippen molar-refractivity contribution < 1.29 is 4.74 Å². The largest absolute Gasteiger partial charge is 0.497 e. The van der Waals surface area contributed by atoms with E-state index in [0.717, 1.165) is 30.1 Å². The minimum Gasteiger partial charge on any atom is -0.497 e. The monoisotopic (exact) mass is 229 g/mol. The Morgan fingerprint density at radius 3 is 2.47 bits per heavy atom. The minimum atomic E-state index is -0.230. The summed E-state index contributed by atoms with van der Waals surface area (Å²) in [7, 11) is 1.66. The minimum absolute atomic E-state index is 0.230. The second kappa shape index (κ2) is 4.79. The molecule has 1 aliphatic carbocycles. The quantitative estimate of drug-likeness (QED) is 0.789. The van der Waals surface area contributed by atoms with Crippen molar-refractivity contribution in [2.45, 2.75) is 38.0 Å². The summed E-state index contributed by atoms with van der Waals surface area (Å²) < 4.78 is 5.14. The van der Waals surface area contributed by atoms with Crippen LogP contribution in [0.25, 0.3) is 0 Å². The lowest BCUT2D eigenvalue weighted by Gasteiger charge is -2.43. The molecule has 1 fully saturated rings. The van der Waals surface area contributed by atoms with E-state index in [1.165, 1.54) is 12.8 Å². The third-order valence-electron chi connectivity index (χ3n) is 3.83. The maximum absolute atomic E-state index is 9.42. The Morgan fingerprint density at radius 1 is 1.35 bits per heavy atom. The van der Waals surface area contributed by atoms with Crippen molar-refractivity contribution >= 4 is 0 Å². The van der Waals surface area contributed by atoms with E-state index in [9.17, 15) is 5.26 Å². The lowest BCUT2D eigenvalue weighted by molar-refractivity contribution is 0.184. The number of ether oxygens (including phenoxy) is 1. The van der Waals surface area contributed by atoms with E-state index < -0.39 is 0 Å². The van der Waals surface area contributed by atoms with Crippen LogP contribution in [0.2, 0.25) is 0 Å². The van der Waals surface area contributed by atoms with Gasteiger partial charge in [-0.2, -0.15) is 5.26 Å². The molecule has 17 heavy (non-hydrogen) atoms. The summed E-state index contributed by atoms with van der Waals surface area (Å²) in [6, 6.07) is 10.5. The summed E-state index contributed by atoms with van der Waals surface area (Å²) in [6.07, 6.45) is 4.50. The van der Waals surface area contributed by atoms with Crippen molar-refractivity contribution in [1.82, 2.24) is 0 Å². The first-order chi connectivity index (χ1) is 8.24. The second-order valence-corrected chi connectivity index (χ2v) is 4.99. The number of hydrogen-bond donors (Lipinski definition) is 0. The van der Waals surface area contributed by atoms with Crippen LogP contribution in [0.3, 0.4) is 0 Å². The Labute approximate surface area is 103 Å². The van der Waals surface area contributed by atoms with Crippen molar-refractivity contribution in [1.29, 1.82) is 5.26 Å². The molecule has 0 aliphatic heterocycles. The number of rotatable bonds is 4. The molecule has 1 saturated carbocycles. The summed E-state index contributed by atoms with van der Waals surface area (Å²) in [4.78, 5) is 0. The van der Waals surface area contributed by atoms with E-state index in [1.807, 2.05) is 24.3 Å². The normalized spacial score (nSPS) is 27.0. The molecule has 0 spiro atoms. The summed E-state index contributed by atoms with van der Waals surface area (Å²) in [5.41, 5.74) is 0.916. The Hall–Kier alpha value is -1.49. The van der Waals surface area contributed by atoms with Gasteiger partial charge in [0.25, 0.3) is 0 Å². The zero-order valence-electron chi connectivity index (χ0n) is 10.6. The van der Waals surface area contributed by atoms with Crippen molar-refractivity contribution in [3.05, 3.63) is 29.8 Å². The zero-order valence-corrected chi connectivity index (χ0v) is 10.6. The number of methoxy groups -OCH3 is 1. The molecular formula is C15H19NO. The van der Waals surface area contributed by atoms with Crippen LogP contribution in [0.5, 0.6) is 5.75 Å². The van der Waals surface area contributed by atoms with Gasteiger partial charge in [0.2, 0.25) is 0 Å². The number of hydrogen-bond acceptors (Lipinski definition) is 2. The highest BCUT2D eigenvalue weighted by Crippen LogP contribution is 2.49. The molecule has 2 rings (SSSR count). The van der Waals surface area contributed by atoms with E-state index in [1.54, 1.807) is 7.11 Å². The van der Waals surface area contributed by atoms with Gasteiger partial charge in [-0.1, -0.05) is 31.9 Å². The molecule has 0 heterocycles. The van der Waals surface area contributed by atoms with Crippen LogP contribution in [0.15, 0.2) is 24.3 Å². The SMILES string of the molecule is CCCC1CC(C#N)(c2ccc(OC)cc2)C1. The maximum atomic E-state index is 9.42. The number of nitriles is 1. The van der Waals surface area contributed by atoms with E-state index in [0.29, 0.717) is 0 Å². The van der Waals surface area contributed by atoms with Crippen LogP contribution in [0, 0.1) is 17.2 Å². The lowest BCUT2D eigenvalue weighted by atomic mass is 9.58. The maximum Gasteiger partial charge on any atom is 0.118 e. The Bertz CT molecular complexity index is 410. The molecule has 90 valence electrons. The molecule has 2 nitrogen and oxygen atoms in total. The molecule has 0 aromatic heterocycles. The van der Waals surface area contributed by atoms with Gasteiger partial charge in [0, 0.05) is 0 Å². The van der Waals surface area contributed by atoms with Gasteiger partial charge in [-0.25, -0.2) is 0 Å². The summed E-state index contributed by atoms with van der Waals surface area (Å²) >= 11 is 0. The predicted molar refractivity (Wildman–Crippen MR) is 67.9 cm³/mol. The molecule has 0 amide bonds. The molecular weight excluding hydrogens is 210 g/mol. The van der Waals surface area contributed by atoms with Gasteiger partial charge in [-0.05, 0) is 36.5 Å². The third kappa shape index (κ3) is 2.15. The fourth-order valence-corrected chi connectivity index (χ4v) is 2.84. The molecule has 0 radical (unpaired) electrons. The van der Waals surface area contributed by atoms with Crippen LogP contribution in [0.4, 0.5) is 0 Å². The molecule has 1 aromatic rings. The van der Waals surface area contributed by atoms with Crippen LogP contribution in [-0.4, -0.2) is 7.11 Å². The van der Waals surface area contributed by atoms with Gasteiger partial charge >= 0.3 is 0 Å². The van der Waals surface area contributed by atoms with Gasteiger partial charge < -0.3 is 4.74 Å². The highest BCUT2D eigenvalue weighted by molar-refractivity contribution is 5.39. The van der Waals surface area contributed by atoms with Crippen LogP contribution in [0.1, 0.15) is 38.2 Å². The summed E-state index contributed by atoms with van der Waals surface area (Å²) in [6.45, 7) is 2.21. The Morgan fingerprint density at radius 2 is 2.00 bits per heavy atom. The van der Waals surface area contributed by atoms with Gasteiger partial charge in [0.15, 0.2) is 0 Å². The highest BCUT2D eigenvalue weighted by Gasteiger charge is 2.45. The number of benzene rings is 1. The van der Waals surface area contributed by atoms with Crippen LogP contribution in [-0.2, 0) is 5.41 Å². The van der Waals surface area contributed by atoms with Crippen molar-refractivity contribution in [2.75, 3.05) is 7.11 Å². The summed E-state index contributed by atoms with van der Waals surface area (Å²) in [5.74, 6) is 1.59. The molecule has 0 saturated heterocycles. The first-order valence-electron chi connectivity index (χ1n) is 6.30. The average molecular weight is 229 g/mol. The molecule has 2 heteroatoms. The first-order valence-corrected chi connectivity index (χ1v) is 6.30. The smallest absolute Gasteiger partial charge is 0.118 e. The molecule has 0 bridgehead atoms. The van der Waals surface area contributed by atoms with Crippen molar-refractivity contribution in [3.8, 4) is 11.8 Å². The first kappa shape index (κ1) is 12.0. The van der Waals surface area contributed by atoms with Gasteiger partial charge in [-0.15, -0.1) is 0 Å².